The number of carboxylic acids is 1. The molecule has 0 fully saturated rings. The minimum atomic E-state index is -1.09. The van der Waals surface area contributed by atoms with Crippen molar-refractivity contribution in [2.75, 3.05) is 18.0 Å². The number of rotatable bonds is 19. The van der Waals surface area contributed by atoms with Gasteiger partial charge >= 0.3 is 5.97 Å². The maximum Gasteiger partial charge on any atom is 0.326 e. The van der Waals surface area contributed by atoms with Gasteiger partial charge < -0.3 is 20.1 Å². The molecule has 0 saturated carbocycles. The number of carboxylic acid groups (broad SMARTS) is 1. The molecule has 4 aromatic carbocycles. The van der Waals surface area contributed by atoms with Crippen LogP contribution >= 0.6 is 15.9 Å². The monoisotopic (exact) mass is 698 g/mol. The zero-order valence-corrected chi connectivity index (χ0v) is 29.2. The van der Waals surface area contributed by atoms with E-state index in [-0.39, 0.29) is 12.3 Å². The van der Waals surface area contributed by atoms with Gasteiger partial charge in [0, 0.05) is 35.2 Å². The molecule has 2 N–H and O–H groups in total. The van der Waals surface area contributed by atoms with Crippen molar-refractivity contribution in [3.05, 3.63) is 113 Å². The van der Waals surface area contributed by atoms with E-state index in [4.69, 9.17) is 4.74 Å². The van der Waals surface area contributed by atoms with Gasteiger partial charge in [-0.3, -0.25) is 4.79 Å². The van der Waals surface area contributed by atoms with Crippen LogP contribution in [0.1, 0.15) is 81.1 Å². The van der Waals surface area contributed by atoms with Crippen molar-refractivity contribution < 1.29 is 19.4 Å². The van der Waals surface area contributed by atoms with Crippen molar-refractivity contribution in [3.8, 4) is 22.6 Å². The summed E-state index contributed by atoms with van der Waals surface area (Å²) in [5, 5.41) is 13.0. The summed E-state index contributed by atoms with van der Waals surface area (Å²) in [4.78, 5) is 28.5. The van der Waals surface area contributed by atoms with Crippen LogP contribution in [0.2, 0.25) is 0 Å². The lowest BCUT2D eigenvalue weighted by Gasteiger charge is -2.28. The first-order valence-electron chi connectivity index (χ1n) is 16.9. The summed E-state index contributed by atoms with van der Waals surface area (Å²) in [5.74, 6) is 0.0269. The molecule has 47 heavy (non-hydrogen) atoms. The second kappa shape index (κ2) is 18.9. The van der Waals surface area contributed by atoms with E-state index in [0.717, 1.165) is 90.0 Å². The van der Waals surface area contributed by atoms with Crippen molar-refractivity contribution in [3.63, 3.8) is 0 Å². The summed E-state index contributed by atoms with van der Waals surface area (Å²) in [7, 11) is 0. The zero-order chi connectivity index (χ0) is 33.4. The first kappa shape index (κ1) is 35.7. The number of halogens is 1. The van der Waals surface area contributed by atoms with Gasteiger partial charge in [0.2, 0.25) is 0 Å². The second-order valence-electron chi connectivity index (χ2n) is 11.9. The molecular weight excluding hydrogens is 652 g/mol. The summed E-state index contributed by atoms with van der Waals surface area (Å²) in [6.07, 6.45) is 9.25. The number of benzene rings is 4. The molecule has 0 saturated heterocycles. The Morgan fingerprint density at radius 3 is 2.06 bits per heavy atom. The topological polar surface area (TPSA) is 78.9 Å². The van der Waals surface area contributed by atoms with E-state index in [2.05, 4.69) is 40.0 Å². The smallest absolute Gasteiger partial charge is 0.326 e. The molecule has 0 aliphatic rings. The number of anilines is 1. The molecule has 1 atom stereocenters. The maximum atomic E-state index is 13.8. The second-order valence-corrected chi connectivity index (χ2v) is 12.9. The third-order valence-electron chi connectivity index (χ3n) is 8.27. The molecule has 0 spiro atoms. The van der Waals surface area contributed by atoms with Gasteiger partial charge in [0.05, 0.1) is 5.56 Å². The Labute approximate surface area is 288 Å². The Hall–Kier alpha value is -4.10. The SMILES string of the molecule is CCCCCCN(CCCCCC)c1ccc(Br)cc1C(=O)NC(Cc1ccc(-c2ccccc2Oc2ccccc2)cc1)C(=O)O. The fourth-order valence-corrected chi connectivity index (χ4v) is 6.04. The van der Waals surface area contributed by atoms with Crippen molar-refractivity contribution in [1.82, 2.24) is 5.32 Å². The van der Waals surface area contributed by atoms with Gasteiger partial charge in [-0.25, -0.2) is 4.79 Å². The standard InChI is InChI=1S/C40H47BrN2O4/c1-3-5-7-14-26-43(27-15-8-6-4-2)37-25-24-32(41)29-35(37)39(44)42-36(40(45)46)28-30-20-22-31(23-21-30)34-18-12-13-19-38(34)47-33-16-10-9-11-17-33/h9-13,16-25,29,36H,3-8,14-15,26-28H2,1-2H3,(H,42,44)(H,45,46). The van der Waals surface area contributed by atoms with Crippen molar-refractivity contribution in [1.29, 1.82) is 0 Å². The van der Waals surface area contributed by atoms with E-state index >= 15 is 0 Å². The Balaban J connectivity index is 1.49. The Kier molecular flexibility index (Phi) is 14.4. The molecule has 0 bridgehead atoms. The highest BCUT2D eigenvalue weighted by atomic mass is 79.9. The lowest BCUT2D eigenvalue weighted by Crippen LogP contribution is -2.43. The van der Waals surface area contributed by atoms with Gasteiger partial charge in [-0.05, 0) is 60.4 Å². The summed E-state index contributed by atoms with van der Waals surface area (Å²) in [6, 6.07) is 29.9. The molecular formula is C40H47BrN2O4. The number of aliphatic carboxylic acids is 1. The molecule has 4 aromatic rings. The number of carbonyl (C=O) groups is 2. The van der Waals surface area contributed by atoms with Gasteiger partial charge in [0.25, 0.3) is 5.91 Å². The van der Waals surface area contributed by atoms with Gasteiger partial charge in [0.15, 0.2) is 0 Å². The summed E-state index contributed by atoms with van der Waals surface area (Å²) in [6.45, 7) is 6.13. The van der Waals surface area contributed by atoms with Crippen LogP contribution in [0.5, 0.6) is 11.5 Å². The van der Waals surface area contributed by atoms with Crippen LogP contribution in [0.15, 0.2) is 102 Å². The normalized spacial score (nSPS) is 11.6. The van der Waals surface area contributed by atoms with E-state index < -0.39 is 12.0 Å². The van der Waals surface area contributed by atoms with Crippen LogP contribution in [0, 0.1) is 0 Å². The molecule has 1 amide bonds. The quantitative estimate of drug-likeness (QED) is 0.0953. The van der Waals surface area contributed by atoms with E-state index in [1.54, 1.807) is 6.07 Å². The fraction of sp³-hybridized carbons (Fsp3) is 0.350. The molecule has 1 unspecified atom stereocenters. The highest BCUT2D eigenvalue weighted by Crippen LogP contribution is 2.33. The Morgan fingerprint density at radius 1 is 0.787 bits per heavy atom. The number of hydrogen-bond donors (Lipinski definition) is 2. The third kappa shape index (κ3) is 11.0. The van der Waals surface area contributed by atoms with E-state index in [0.29, 0.717) is 5.56 Å². The largest absolute Gasteiger partial charge is 0.480 e. The number of carbonyl (C=O) groups excluding carboxylic acids is 1. The van der Waals surface area contributed by atoms with Crippen LogP contribution in [-0.2, 0) is 11.2 Å². The summed E-state index contributed by atoms with van der Waals surface area (Å²) in [5.41, 5.74) is 4.03. The first-order valence-corrected chi connectivity index (χ1v) is 17.7. The molecule has 0 aliphatic heterocycles. The van der Waals surface area contributed by atoms with Gasteiger partial charge in [0.1, 0.15) is 17.5 Å². The van der Waals surface area contributed by atoms with Crippen molar-refractivity contribution in [2.45, 2.75) is 77.7 Å². The van der Waals surface area contributed by atoms with E-state index in [1.807, 2.05) is 91.0 Å². The van der Waals surface area contributed by atoms with Crippen molar-refractivity contribution in [2.24, 2.45) is 0 Å². The number of unbranched alkanes of at least 4 members (excludes halogenated alkanes) is 6. The number of hydrogen-bond acceptors (Lipinski definition) is 4. The molecule has 248 valence electrons. The Morgan fingerprint density at radius 2 is 1.43 bits per heavy atom. The lowest BCUT2D eigenvalue weighted by molar-refractivity contribution is -0.139. The molecule has 6 nitrogen and oxygen atoms in total. The van der Waals surface area contributed by atoms with E-state index in [9.17, 15) is 14.7 Å². The summed E-state index contributed by atoms with van der Waals surface area (Å²) >= 11 is 3.53. The maximum absolute atomic E-state index is 13.8. The van der Waals surface area contributed by atoms with Crippen LogP contribution in [0.25, 0.3) is 11.1 Å². The van der Waals surface area contributed by atoms with Gasteiger partial charge in [-0.15, -0.1) is 0 Å². The first-order chi connectivity index (χ1) is 22.9. The van der Waals surface area contributed by atoms with Crippen LogP contribution in [0.3, 0.4) is 0 Å². The fourth-order valence-electron chi connectivity index (χ4n) is 5.68. The van der Waals surface area contributed by atoms with E-state index in [1.165, 1.54) is 12.8 Å². The predicted octanol–water partition coefficient (Wildman–Crippen LogP) is 10.3. The predicted molar refractivity (Wildman–Crippen MR) is 196 cm³/mol. The average Bonchev–Trinajstić information content (AvgIpc) is 3.08. The molecule has 7 heteroatoms. The van der Waals surface area contributed by atoms with Crippen LogP contribution in [-0.4, -0.2) is 36.1 Å². The van der Waals surface area contributed by atoms with Gasteiger partial charge in [-0.1, -0.05) is 129 Å². The summed E-state index contributed by atoms with van der Waals surface area (Å²) < 4.78 is 6.92. The lowest BCUT2D eigenvalue weighted by atomic mass is 9.99. The highest BCUT2D eigenvalue weighted by molar-refractivity contribution is 9.10. The minimum Gasteiger partial charge on any atom is -0.480 e. The number of nitrogens with one attached hydrogen (secondary N) is 1. The minimum absolute atomic E-state index is 0.157. The average molecular weight is 700 g/mol. The number of amides is 1. The number of ether oxygens (including phenoxy) is 1. The zero-order valence-electron chi connectivity index (χ0n) is 27.6. The van der Waals surface area contributed by atoms with Crippen molar-refractivity contribution >= 4 is 33.5 Å². The number of para-hydroxylation sites is 2. The van der Waals surface area contributed by atoms with Gasteiger partial charge in [-0.2, -0.15) is 0 Å². The highest BCUT2D eigenvalue weighted by Gasteiger charge is 2.24. The molecule has 4 rings (SSSR count). The third-order valence-corrected chi connectivity index (χ3v) is 8.77. The molecule has 0 aliphatic carbocycles. The molecule has 0 heterocycles. The molecule has 0 radical (unpaired) electrons. The van der Waals surface area contributed by atoms with Crippen LogP contribution < -0.4 is 15.0 Å². The number of nitrogens with zero attached hydrogens (tertiary/aromatic N) is 1. The van der Waals surface area contributed by atoms with Crippen LogP contribution in [0.4, 0.5) is 5.69 Å². The Bertz CT molecular complexity index is 1550. The molecule has 0 aromatic heterocycles.